The number of hydrogen-bond donors (Lipinski definition) is 1. The number of carbonyl (C=O) groups is 1. The molecule has 1 N–H and O–H groups in total. The molecule has 21 heavy (non-hydrogen) atoms. The molecule has 0 aliphatic rings. The van der Waals surface area contributed by atoms with E-state index in [1.54, 1.807) is 24.9 Å². The first-order valence-electron chi connectivity index (χ1n) is 6.33. The molecule has 1 amide bonds. The molecule has 0 saturated heterocycles. The first-order chi connectivity index (χ1) is 10.1. The highest BCUT2D eigenvalue weighted by Crippen LogP contribution is 2.29. The molecule has 0 atom stereocenters. The van der Waals surface area contributed by atoms with Gasteiger partial charge in [-0.15, -0.1) is 0 Å². The van der Waals surface area contributed by atoms with Crippen LogP contribution in [0.5, 0.6) is 5.75 Å². The molecule has 3 aromatic rings. The predicted octanol–water partition coefficient (Wildman–Crippen LogP) is 2.60. The number of nitrogens with zero attached hydrogens (tertiary/aromatic N) is 3. The third-order valence-electron chi connectivity index (χ3n) is 3.05. The van der Waals surface area contributed by atoms with Crippen molar-refractivity contribution in [2.75, 3.05) is 12.4 Å². The lowest BCUT2D eigenvalue weighted by molar-refractivity contribution is 0.101. The number of carbonyl (C=O) groups excluding carboxylic acids is 1. The Morgan fingerprint density at radius 1 is 1.38 bits per heavy atom. The van der Waals surface area contributed by atoms with Crippen molar-refractivity contribution in [3.05, 3.63) is 35.7 Å². The fourth-order valence-electron chi connectivity index (χ4n) is 2.07. The van der Waals surface area contributed by atoms with Gasteiger partial charge in [-0.25, -0.2) is 4.98 Å². The summed E-state index contributed by atoms with van der Waals surface area (Å²) in [5.74, 6) is 0.551. The second-order valence-electron chi connectivity index (χ2n) is 4.60. The highest BCUT2D eigenvalue weighted by Gasteiger charge is 2.14. The van der Waals surface area contributed by atoms with Gasteiger partial charge in [0.15, 0.2) is 5.13 Å². The number of hydrogen-bond acceptors (Lipinski definition) is 5. The number of thiazole rings is 1. The summed E-state index contributed by atoms with van der Waals surface area (Å²) < 4.78 is 7.70. The van der Waals surface area contributed by atoms with Crippen molar-refractivity contribution in [1.29, 1.82) is 0 Å². The van der Waals surface area contributed by atoms with E-state index in [1.165, 1.54) is 11.3 Å². The van der Waals surface area contributed by atoms with E-state index >= 15 is 0 Å². The quantitative estimate of drug-likeness (QED) is 0.807. The summed E-state index contributed by atoms with van der Waals surface area (Å²) in [6.07, 6.45) is 0. The molecule has 0 aliphatic heterocycles. The van der Waals surface area contributed by atoms with Gasteiger partial charge in [0.05, 0.1) is 23.0 Å². The van der Waals surface area contributed by atoms with Gasteiger partial charge < -0.3 is 4.74 Å². The van der Waals surface area contributed by atoms with Crippen LogP contribution < -0.4 is 10.1 Å². The fraction of sp³-hybridized carbons (Fsp3) is 0.214. The van der Waals surface area contributed by atoms with E-state index in [9.17, 15) is 4.79 Å². The van der Waals surface area contributed by atoms with Gasteiger partial charge in [0, 0.05) is 7.05 Å². The molecule has 0 bridgehead atoms. The Kier molecular flexibility index (Phi) is 3.34. The molecular formula is C14H14N4O2S. The van der Waals surface area contributed by atoms with E-state index in [2.05, 4.69) is 15.4 Å². The molecule has 0 radical (unpaired) electrons. The highest BCUT2D eigenvalue weighted by atomic mass is 32.1. The summed E-state index contributed by atoms with van der Waals surface area (Å²) in [5.41, 5.74) is 2.14. The van der Waals surface area contributed by atoms with E-state index in [1.807, 2.05) is 25.1 Å². The first kappa shape index (κ1) is 13.6. The summed E-state index contributed by atoms with van der Waals surface area (Å²) in [4.78, 5) is 16.6. The summed E-state index contributed by atoms with van der Waals surface area (Å²) in [6.45, 7) is 1.85. The molecule has 2 heterocycles. The monoisotopic (exact) mass is 302 g/mol. The molecule has 7 heteroatoms. The lowest BCUT2D eigenvalue weighted by Gasteiger charge is -2.00. The Labute approximate surface area is 125 Å². The predicted molar refractivity (Wildman–Crippen MR) is 82.1 cm³/mol. The summed E-state index contributed by atoms with van der Waals surface area (Å²) >= 11 is 1.41. The zero-order valence-corrected chi connectivity index (χ0v) is 12.7. The number of benzene rings is 1. The maximum absolute atomic E-state index is 12.2. The third-order valence-corrected chi connectivity index (χ3v) is 3.98. The van der Waals surface area contributed by atoms with Gasteiger partial charge in [0.1, 0.15) is 11.4 Å². The van der Waals surface area contributed by atoms with Gasteiger partial charge in [0.25, 0.3) is 5.91 Å². The van der Waals surface area contributed by atoms with Crippen molar-refractivity contribution in [2.45, 2.75) is 6.92 Å². The Balaban J connectivity index is 1.87. The molecule has 2 aromatic heterocycles. The number of amides is 1. The molecule has 108 valence electrons. The van der Waals surface area contributed by atoms with Crippen LogP contribution in [-0.2, 0) is 7.05 Å². The van der Waals surface area contributed by atoms with E-state index in [0.29, 0.717) is 10.8 Å². The lowest BCUT2D eigenvalue weighted by Crippen LogP contribution is -2.15. The van der Waals surface area contributed by atoms with Gasteiger partial charge in [-0.2, -0.15) is 5.10 Å². The molecule has 0 unspecified atom stereocenters. The maximum Gasteiger partial charge on any atom is 0.275 e. The van der Waals surface area contributed by atoms with E-state index in [0.717, 1.165) is 21.7 Å². The van der Waals surface area contributed by atoms with Crippen LogP contribution in [0.2, 0.25) is 0 Å². The smallest absolute Gasteiger partial charge is 0.275 e. The summed E-state index contributed by atoms with van der Waals surface area (Å²) in [6, 6.07) is 7.36. The van der Waals surface area contributed by atoms with Crippen LogP contribution in [0.15, 0.2) is 24.3 Å². The van der Waals surface area contributed by atoms with Crippen LogP contribution in [0.3, 0.4) is 0 Å². The van der Waals surface area contributed by atoms with E-state index in [-0.39, 0.29) is 5.91 Å². The minimum Gasteiger partial charge on any atom is -0.497 e. The van der Waals surface area contributed by atoms with Crippen molar-refractivity contribution >= 4 is 32.6 Å². The van der Waals surface area contributed by atoms with Crippen molar-refractivity contribution < 1.29 is 9.53 Å². The normalized spacial score (nSPS) is 10.8. The number of fused-ring (bicyclic) bond motifs is 1. The van der Waals surface area contributed by atoms with Crippen LogP contribution in [0.4, 0.5) is 5.13 Å². The molecule has 0 spiro atoms. The average molecular weight is 302 g/mol. The van der Waals surface area contributed by atoms with Gasteiger partial charge in [-0.3, -0.25) is 14.8 Å². The van der Waals surface area contributed by atoms with Crippen molar-refractivity contribution in [3.63, 3.8) is 0 Å². The Morgan fingerprint density at radius 3 is 2.86 bits per heavy atom. The molecule has 0 fully saturated rings. The van der Waals surface area contributed by atoms with Crippen LogP contribution in [0, 0.1) is 6.92 Å². The van der Waals surface area contributed by atoms with Crippen molar-refractivity contribution in [3.8, 4) is 5.75 Å². The zero-order chi connectivity index (χ0) is 15.0. The fourth-order valence-corrected chi connectivity index (χ4v) is 2.96. The number of ether oxygens (including phenoxy) is 1. The molecule has 1 aromatic carbocycles. The maximum atomic E-state index is 12.2. The Morgan fingerprint density at radius 2 is 2.19 bits per heavy atom. The SMILES string of the molecule is COc1ccc2nc(NC(=O)c3cc(C)nn3C)sc2c1. The Bertz CT molecular complexity index is 822. The van der Waals surface area contributed by atoms with Gasteiger partial charge >= 0.3 is 0 Å². The number of nitrogens with one attached hydrogen (secondary N) is 1. The second kappa shape index (κ2) is 5.17. The minimum absolute atomic E-state index is 0.218. The number of aromatic nitrogens is 3. The topological polar surface area (TPSA) is 69.0 Å². The molecule has 0 saturated carbocycles. The Hall–Kier alpha value is -2.41. The largest absolute Gasteiger partial charge is 0.497 e. The summed E-state index contributed by atoms with van der Waals surface area (Å²) in [7, 11) is 3.36. The third kappa shape index (κ3) is 2.59. The molecular weight excluding hydrogens is 288 g/mol. The summed E-state index contributed by atoms with van der Waals surface area (Å²) in [5, 5.41) is 7.53. The zero-order valence-electron chi connectivity index (χ0n) is 11.9. The van der Waals surface area contributed by atoms with Crippen LogP contribution in [-0.4, -0.2) is 27.8 Å². The highest BCUT2D eigenvalue weighted by molar-refractivity contribution is 7.22. The lowest BCUT2D eigenvalue weighted by atomic mass is 10.3. The van der Waals surface area contributed by atoms with E-state index in [4.69, 9.17) is 4.74 Å². The molecule has 0 aliphatic carbocycles. The van der Waals surface area contributed by atoms with Crippen LogP contribution in [0.25, 0.3) is 10.2 Å². The minimum atomic E-state index is -0.218. The van der Waals surface area contributed by atoms with Crippen molar-refractivity contribution in [1.82, 2.24) is 14.8 Å². The second-order valence-corrected chi connectivity index (χ2v) is 5.63. The van der Waals surface area contributed by atoms with Gasteiger partial charge in [0.2, 0.25) is 0 Å². The number of rotatable bonds is 3. The van der Waals surface area contributed by atoms with Crippen molar-refractivity contribution in [2.24, 2.45) is 7.05 Å². The van der Waals surface area contributed by atoms with Gasteiger partial charge in [-0.1, -0.05) is 11.3 Å². The first-order valence-corrected chi connectivity index (χ1v) is 7.15. The van der Waals surface area contributed by atoms with Crippen LogP contribution in [0.1, 0.15) is 16.2 Å². The standard InChI is InChI=1S/C14H14N4O2S/c1-8-6-11(18(2)17-8)13(19)16-14-15-10-5-4-9(20-3)7-12(10)21-14/h4-7H,1-3H3,(H,15,16,19). The average Bonchev–Trinajstić information content (AvgIpc) is 2.99. The van der Waals surface area contributed by atoms with Gasteiger partial charge in [-0.05, 0) is 31.2 Å². The van der Waals surface area contributed by atoms with Crippen LogP contribution >= 0.6 is 11.3 Å². The van der Waals surface area contributed by atoms with E-state index < -0.39 is 0 Å². The number of anilines is 1. The molecule has 3 rings (SSSR count). The number of aryl methyl sites for hydroxylation is 2. The molecule has 6 nitrogen and oxygen atoms in total. The number of methoxy groups -OCH3 is 1.